The molecule has 5 heteroatoms. The second-order valence-electron chi connectivity index (χ2n) is 4.75. The minimum absolute atomic E-state index is 0.0664. The average Bonchev–Trinajstić information content (AvgIpc) is 2.46. The van der Waals surface area contributed by atoms with Gasteiger partial charge in [-0.1, -0.05) is 36.7 Å². The van der Waals surface area contributed by atoms with E-state index < -0.39 is 5.56 Å². The van der Waals surface area contributed by atoms with Crippen LogP contribution in [0, 0.1) is 18.3 Å². The molecule has 1 N–H and O–H groups in total. The van der Waals surface area contributed by atoms with Gasteiger partial charge in [0.25, 0.3) is 5.56 Å². The van der Waals surface area contributed by atoms with Crippen molar-refractivity contribution in [2.45, 2.75) is 26.8 Å². The number of benzene rings is 1. The maximum absolute atomic E-state index is 12.4. The minimum atomic E-state index is -0.496. The summed E-state index contributed by atoms with van der Waals surface area (Å²) in [6, 6.07) is 9.04. The Kier molecular flexibility index (Phi) is 4.35. The highest BCUT2D eigenvalue weighted by Crippen LogP contribution is 2.24. The van der Waals surface area contributed by atoms with Gasteiger partial charge in [-0.05, 0) is 30.5 Å². The van der Waals surface area contributed by atoms with E-state index >= 15 is 0 Å². The van der Waals surface area contributed by atoms with Crippen LogP contribution in [0.5, 0.6) is 5.88 Å². The van der Waals surface area contributed by atoms with Gasteiger partial charge in [0.2, 0.25) is 0 Å². The summed E-state index contributed by atoms with van der Waals surface area (Å²) in [6.45, 7) is 3.68. The Labute approximate surface area is 127 Å². The number of nitriles is 1. The second kappa shape index (κ2) is 6.02. The van der Waals surface area contributed by atoms with Crippen LogP contribution >= 0.6 is 11.6 Å². The molecule has 2 aromatic rings. The van der Waals surface area contributed by atoms with Crippen LogP contribution in [0.25, 0.3) is 0 Å². The summed E-state index contributed by atoms with van der Waals surface area (Å²) in [5, 5.41) is 20.0. The lowest BCUT2D eigenvalue weighted by atomic mass is 10.0. The van der Waals surface area contributed by atoms with Crippen LogP contribution in [0.2, 0.25) is 5.02 Å². The minimum Gasteiger partial charge on any atom is -0.494 e. The highest BCUT2D eigenvalue weighted by Gasteiger charge is 2.18. The van der Waals surface area contributed by atoms with Gasteiger partial charge in [0.15, 0.2) is 5.88 Å². The van der Waals surface area contributed by atoms with E-state index in [2.05, 4.69) is 0 Å². The van der Waals surface area contributed by atoms with Gasteiger partial charge < -0.3 is 5.11 Å². The number of aromatic hydroxyl groups is 1. The smallest absolute Gasteiger partial charge is 0.271 e. The number of pyridine rings is 1. The van der Waals surface area contributed by atoms with Gasteiger partial charge in [-0.25, -0.2) is 0 Å². The highest BCUT2D eigenvalue weighted by molar-refractivity contribution is 6.31. The van der Waals surface area contributed by atoms with E-state index in [4.69, 9.17) is 11.6 Å². The summed E-state index contributed by atoms with van der Waals surface area (Å²) in [6.07, 6.45) is 0.537. The molecule has 108 valence electrons. The van der Waals surface area contributed by atoms with Gasteiger partial charge in [0, 0.05) is 10.6 Å². The van der Waals surface area contributed by atoms with Crippen molar-refractivity contribution in [3.63, 3.8) is 0 Å². The monoisotopic (exact) mass is 302 g/mol. The van der Waals surface area contributed by atoms with Crippen LogP contribution in [0.15, 0.2) is 29.1 Å². The standard InChI is InChI=1S/C16H15ClN2O2/c1-3-12-10(2)13(8-18)16(21)19(15(12)20)9-11-6-4-5-7-14(11)17/h4-7,20H,3,9H2,1-2H3. The normalized spacial score (nSPS) is 10.4. The molecule has 0 atom stereocenters. The Morgan fingerprint density at radius 1 is 1.38 bits per heavy atom. The molecule has 0 aliphatic rings. The lowest BCUT2D eigenvalue weighted by Crippen LogP contribution is -2.26. The molecule has 1 aromatic heterocycles. The summed E-state index contributed by atoms with van der Waals surface area (Å²) in [7, 11) is 0. The van der Waals surface area contributed by atoms with Crippen LogP contribution in [0.3, 0.4) is 0 Å². The van der Waals surface area contributed by atoms with Crippen LogP contribution < -0.4 is 5.56 Å². The van der Waals surface area contributed by atoms with E-state index in [0.717, 1.165) is 0 Å². The molecule has 21 heavy (non-hydrogen) atoms. The number of hydrogen-bond donors (Lipinski definition) is 1. The predicted octanol–water partition coefficient (Wildman–Crippen LogP) is 3.00. The fraction of sp³-hybridized carbons (Fsp3) is 0.250. The first-order valence-corrected chi connectivity index (χ1v) is 6.97. The van der Waals surface area contributed by atoms with Crippen molar-refractivity contribution in [2.75, 3.05) is 0 Å². The van der Waals surface area contributed by atoms with E-state index in [1.54, 1.807) is 25.1 Å². The Morgan fingerprint density at radius 2 is 2.05 bits per heavy atom. The quantitative estimate of drug-likeness (QED) is 0.948. The molecule has 1 heterocycles. The van der Waals surface area contributed by atoms with Crippen molar-refractivity contribution >= 4 is 11.6 Å². The molecule has 0 saturated heterocycles. The summed E-state index contributed by atoms with van der Waals surface area (Å²) >= 11 is 6.10. The molecule has 0 bridgehead atoms. The van der Waals surface area contributed by atoms with Crippen molar-refractivity contribution in [1.82, 2.24) is 4.57 Å². The zero-order valence-corrected chi connectivity index (χ0v) is 12.6. The van der Waals surface area contributed by atoms with E-state index in [0.29, 0.717) is 28.1 Å². The van der Waals surface area contributed by atoms with Gasteiger partial charge in [0.1, 0.15) is 11.6 Å². The third-order valence-electron chi connectivity index (χ3n) is 3.56. The molecule has 4 nitrogen and oxygen atoms in total. The fourth-order valence-electron chi connectivity index (χ4n) is 2.37. The van der Waals surface area contributed by atoms with Gasteiger partial charge in [0.05, 0.1) is 6.54 Å². The van der Waals surface area contributed by atoms with Crippen molar-refractivity contribution in [1.29, 1.82) is 5.26 Å². The molecule has 0 fully saturated rings. The molecule has 1 aromatic carbocycles. The van der Waals surface area contributed by atoms with E-state index in [-0.39, 0.29) is 18.0 Å². The van der Waals surface area contributed by atoms with Crippen LogP contribution in [0.1, 0.15) is 29.2 Å². The van der Waals surface area contributed by atoms with Gasteiger partial charge in [-0.2, -0.15) is 5.26 Å². The lowest BCUT2D eigenvalue weighted by Gasteiger charge is -2.15. The maximum Gasteiger partial charge on any atom is 0.271 e. The van der Waals surface area contributed by atoms with Crippen LogP contribution in [-0.4, -0.2) is 9.67 Å². The topological polar surface area (TPSA) is 66.0 Å². The molecule has 0 radical (unpaired) electrons. The second-order valence-corrected chi connectivity index (χ2v) is 5.16. The molecule has 0 amide bonds. The predicted molar refractivity (Wildman–Crippen MR) is 81.8 cm³/mol. The zero-order chi connectivity index (χ0) is 15.6. The first-order chi connectivity index (χ1) is 10.0. The molecular weight excluding hydrogens is 288 g/mol. The average molecular weight is 303 g/mol. The molecule has 0 spiro atoms. The van der Waals surface area contributed by atoms with Gasteiger partial charge >= 0.3 is 0 Å². The van der Waals surface area contributed by atoms with Gasteiger partial charge in [-0.15, -0.1) is 0 Å². The zero-order valence-electron chi connectivity index (χ0n) is 11.9. The molecular formula is C16H15ClN2O2. The number of rotatable bonds is 3. The highest BCUT2D eigenvalue weighted by atomic mass is 35.5. The summed E-state index contributed by atoms with van der Waals surface area (Å²) in [4.78, 5) is 12.4. The maximum atomic E-state index is 12.4. The van der Waals surface area contributed by atoms with Crippen molar-refractivity contribution < 1.29 is 5.11 Å². The SMILES string of the molecule is CCc1c(C)c(C#N)c(=O)n(Cc2ccccc2Cl)c1O. The summed E-state index contributed by atoms with van der Waals surface area (Å²) < 4.78 is 1.20. The van der Waals surface area contributed by atoms with E-state index in [1.165, 1.54) is 4.57 Å². The Balaban J connectivity index is 2.68. The number of hydrogen-bond acceptors (Lipinski definition) is 3. The van der Waals surface area contributed by atoms with Crippen molar-refractivity contribution in [3.8, 4) is 11.9 Å². The van der Waals surface area contributed by atoms with E-state index in [9.17, 15) is 15.2 Å². The van der Waals surface area contributed by atoms with Gasteiger partial charge in [-0.3, -0.25) is 9.36 Å². The van der Waals surface area contributed by atoms with E-state index in [1.807, 2.05) is 19.1 Å². The number of halogens is 1. The molecule has 0 unspecified atom stereocenters. The van der Waals surface area contributed by atoms with Crippen LogP contribution in [0.4, 0.5) is 0 Å². The third kappa shape index (κ3) is 2.65. The Morgan fingerprint density at radius 3 is 2.62 bits per heavy atom. The first-order valence-electron chi connectivity index (χ1n) is 6.60. The fourth-order valence-corrected chi connectivity index (χ4v) is 2.57. The molecule has 0 saturated carbocycles. The molecule has 0 aliphatic heterocycles. The Bertz CT molecular complexity index is 788. The molecule has 2 rings (SSSR count). The number of nitrogens with zero attached hydrogens (tertiary/aromatic N) is 2. The lowest BCUT2D eigenvalue weighted by molar-refractivity contribution is 0.407. The van der Waals surface area contributed by atoms with Crippen LogP contribution in [-0.2, 0) is 13.0 Å². The summed E-state index contributed by atoms with van der Waals surface area (Å²) in [5.74, 6) is -0.0982. The third-order valence-corrected chi connectivity index (χ3v) is 3.93. The summed E-state index contributed by atoms with van der Waals surface area (Å²) in [5.41, 5.74) is 1.43. The Hall–Kier alpha value is -2.25. The first kappa shape index (κ1) is 15.1. The van der Waals surface area contributed by atoms with Crippen molar-refractivity contribution in [2.24, 2.45) is 0 Å². The molecule has 0 aliphatic carbocycles. The van der Waals surface area contributed by atoms with Crippen molar-refractivity contribution in [3.05, 3.63) is 61.9 Å². The largest absolute Gasteiger partial charge is 0.494 e. The number of aromatic nitrogens is 1.